The molecule has 0 unspecified atom stereocenters. The Hall–Kier alpha value is 0.495. The predicted octanol–water partition coefficient (Wildman–Crippen LogP) is 6.88. The van der Waals surface area contributed by atoms with Crippen LogP contribution in [0.3, 0.4) is 0 Å². The minimum Gasteiger partial charge on any atom is -0.0626 e. The molecule has 0 heterocycles. The van der Waals surface area contributed by atoms with Gasteiger partial charge in [0.1, 0.15) is 0 Å². The molecule has 26 heavy (non-hydrogen) atoms. The summed E-state index contributed by atoms with van der Waals surface area (Å²) in [5, 5.41) is 0. The summed E-state index contributed by atoms with van der Waals surface area (Å²) in [5.74, 6) is 0. The normalized spacial score (nSPS) is 28.6. The van der Waals surface area contributed by atoms with Crippen LogP contribution in [-0.2, 0) is 0 Å². The van der Waals surface area contributed by atoms with Crippen molar-refractivity contribution in [2.24, 2.45) is 0 Å². The fourth-order valence-electron chi connectivity index (χ4n) is 7.90. The second kappa shape index (κ2) is 10.3. The predicted molar refractivity (Wildman–Crippen MR) is 126 cm³/mol. The van der Waals surface area contributed by atoms with E-state index in [0.717, 1.165) is 0 Å². The Kier molecular flexibility index (Phi) is 8.42. The summed E-state index contributed by atoms with van der Waals surface area (Å²) in [6.45, 7) is 0. The van der Waals surface area contributed by atoms with Gasteiger partial charge < -0.3 is 0 Å². The molecule has 0 N–H and O–H groups in total. The van der Waals surface area contributed by atoms with E-state index < -0.39 is 7.26 Å². The first-order chi connectivity index (χ1) is 12.4. The van der Waals surface area contributed by atoms with E-state index in [9.17, 15) is 0 Å². The lowest BCUT2D eigenvalue weighted by Gasteiger charge is -2.53. The van der Waals surface area contributed by atoms with E-state index in [1.54, 1.807) is 128 Å². The molecular weight excluding hydrogens is 330 g/mol. The number of hydrogen-bond donors (Lipinski definition) is 0. The average molecular weight is 378 g/mol. The molecule has 4 aliphatic carbocycles. The summed E-state index contributed by atoms with van der Waals surface area (Å²) >= 11 is 0. The van der Waals surface area contributed by atoms with E-state index in [4.69, 9.17) is 0 Å². The van der Waals surface area contributed by atoms with Crippen LogP contribution < -0.4 is 0 Å². The van der Waals surface area contributed by atoms with E-state index in [0.29, 0.717) is 0 Å². The molecule has 0 aromatic carbocycles. The fraction of sp³-hybridized carbons (Fsp3) is 1.00. The van der Waals surface area contributed by atoms with Gasteiger partial charge in [0.15, 0.2) is 0 Å². The summed E-state index contributed by atoms with van der Waals surface area (Å²) in [7, 11) is -0.798. The molecule has 4 fully saturated rings. The third kappa shape index (κ3) is 4.24. The first-order valence-electron chi connectivity index (χ1n) is 12.3. The highest BCUT2D eigenvalue weighted by Crippen LogP contribution is 2.81. The zero-order valence-electron chi connectivity index (χ0n) is 16.9. The fourth-order valence-corrected chi connectivity index (χ4v) is 16.5. The van der Waals surface area contributed by atoms with Gasteiger partial charge in [-0.2, -0.15) is 0 Å². The molecule has 4 rings (SSSR count). The van der Waals surface area contributed by atoms with Crippen LogP contribution in [0.25, 0.3) is 0 Å². The molecule has 0 radical (unpaired) electrons. The van der Waals surface area contributed by atoms with Crippen molar-refractivity contribution in [3.63, 3.8) is 0 Å². The minimum absolute atomic E-state index is 0. The van der Waals surface area contributed by atoms with Gasteiger partial charge in [0.25, 0.3) is 0 Å². The van der Waals surface area contributed by atoms with E-state index in [2.05, 4.69) is 0 Å². The van der Waals surface area contributed by atoms with Crippen LogP contribution in [-0.4, -0.2) is 31.0 Å². The highest BCUT2D eigenvalue weighted by molar-refractivity contribution is 7.78. The zero-order valence-corrected chi connectivity index (χ0v) is 17.8. The van der Waals surface area contributed by atoms with Gasteiger partial charge >= 0.3 is 0 Å². The molecule has 0 aliphatic heterocycles. The Labute approximate surface area is 167 Å². The number of hydrogen-bond acceptors (Lipinski definition) is 0. The largest absolute Gasteiger partial charge is 0.0705 e. The second-order valence-corrected chi connectivity index (χ2v) is 14.8. The topological polar surface area (TPSA) is 0 Å². The molecule has 0 nitrogen and oxygen atoms in total. The maximum absolute atomic E-state index is 1.65. The molecule has 0 amide bonds. The van der Waals surface area contributed by atoms with Crippen molar-refractivity contribution in [3.8, 4) is 0 Å². The van der Waals surface area contributed by atoms with Crippen molar-refractivity contribution in [1.29, 1.82) is 0 Å². The van der Waals surface area contributed by atoms with E-state index in [-0.39, 0.29) is 8.41 Å². The molecule has 0 aromatic heterocycles. The van der Waals surface area contributed by atoms with Gasteiger partial charge in [-0.05, 0) is 103 Å². The second-order valence-electron chi connectivity index (χ2n) is 10.1. The van der Waals surface area contributed by atoms with E-state index in [1.165, 1.54) is 22.6 Å². The molecule has 0 bridgehead atoms. The lowest BCUT2D eigenvalue weighted by atomic mass is 9.98. The third-order valence-corrected chi connectivity index (χ3v) is 16.0. The van der Waals surface area contributed by atoms with Crippen LogP contribution in [0.5, 0.6) is 0 Å². The monoisotopic (exact) mass is 378 g/mol. The SMILES string of the molecule is C1CCC([P+](C2CCCCC2)(C2CCCCC2)C2CCCCC2)CC1.[BH4-]. The average Bonchev–Trinajstić information content (AvgIpc) is 2.72. The first-order valence-corrected chi connectivity index (χ1v) is 14.4. The van der Waals surface area contributed by atoms with Crippen molar-refractivity contribution >= 4 is 15.7 Å². The van der Waals surface area contributed by atoms with Gasteiger partial charge in [-0.3, -0.25) is 0 Å². The summed E-state index contributed by atoms with van der Waals surface area (Å²) < 4.78 is 0. The molecule has 0 aromatic rings. The smallest absolute Gasteiger partial charge is 0.0626 e. The van der Waals surface area contributed by atoms with Crippen LogP contribution in [0.2, 0.25) is 0 Å². The molecule has 4 aliphatic rings. The quantitative estimate of drug-likeness (QED) is 0.369. The Bertz CT molecular complexity index is 308. The van der Waals surface area contributed by atoms with Crippen LogP contribution in [0.1, 0.15) is 128 Å². The van der Waals surface area contributed by atoms with E-state index in [1.807, 2.05) is 0 Å². The zero-order chi connectivity index (χ0) is 17.0. The lowest BCUT2D eigenvalue weighted by Crippen LogP contribution is -2.42. The van der Waals surface area contributed by atoms with Gasteiger partial charge in [-0.25, -0.2) is 0 Å². The van der Waals surface area contributed by atoms with Crippen LogP contribution in [0, 0.1) is 0 Å². The van der Waals surface area contributed by atoms with Gasteiger partial charge in [-0.15, -0.1) is 0 Å². The summed E-state index contributed by atoms with van der Waals surface area (Å²) in [6.07, 6.45) is 32.1. The summed E-state index contributed by atoms with van der Waals surface area (Å²) in [5.41, 5.74) is 4.87. The highest BCUT2D eigenvalue weighted by Gasteiger charge is 2.61. The highest BCUT2D eigenvalue weighted by atomic mass is 31.2. The maximum atomic E-state index is 1.65. The first kappa shape index (κ1) is 21.2. The molecule has 152 valence electrons. The molecule has 0 saturated heterocycles. The van der Waals surface area contributed by atoms with Crippen molar-refractivity contribution in [3.05, 3.63) is 0 Å². The Morgan fingerprint density at radius 3 is 0.692 bits per heavy atom. The maximum Gasteiger partial charge on any atom is 0.0705 e. The minimum atomic E-state index is -0.798. The molecule has 0 spiro atoms. The Morgan fingerprint density at radius 2 is 0.500 bits per heavy atom. The van der Waals surface area contributed by atoms with Gasteiger partial charge in [0, 0.05) is 7.26 Å². The standard InChI is InChI=1S/C24H44P.BH4/c1-5-13-21(14-6-1)25(22-15-7-2-8-16-22,23-17-9-3-10-18-23)24-19-11-4-12-20-24;/h21-24H,1-20H2;1H4/q+1;-1. The van der Waals surface area contributed by atoms with Crippen LogP contribution in [0.4, 0.5) is 0 Å². The van der Waals surface area contributed by atoms with Gasteiger partial charge in [-0.1, -0.05) is 34.1 Å². The van der Waals surface area contributed by atoms with Crippen molar-refractivity contribution in [2.75, 3.05) is 0 Å². The lowest BCUT2D eigenvalue weighted by molar-refractivity contribution is 0.426. The van der Waals surface area contributed by atoms with Crippen molar-refractivity contribution in [1.82, 2.24) is 0 Å². The summed E-state index contributed by atoms with van der Waals surface area (Å²) in [6, 6.07) is 0. The van der Waals surface area contributed by atoms with Gasteiger partial charge in [0.05, 0.1) is 22.6 Å². The van der Waals surface area contributed by atoms with Crippen molar-refractivity contribution in [2.45, 2.75) is 151 Å². The molecule has 0 atom stereocenters. The van der Waals surface area contributed by atoms with Crippen LogP contribution in [0.15, 0.2) is 0 Å². The molecule has 2 heteroatoms. The molecule has 4 saturated carbocycles. The van der Waals surface area contributed by atoms with Gasteiger partial charge in [0.2, 0.25) is 0 Å². The third-order valence-electron chi connectivity index (χ3n) is 8.83. The van der Waals surface area contributed by atoms with E-state index >= 15 is 0 Å². The Morgan fingerprint density at radius 1 is 0.308 bits per heavy atom. The van der Waals surface area contributed by atoms with Crippen LogP contribution >= 0.6 is 7.26 Å². The number of rotatable bonds is 4. The van der Waals surface area contributed by atoms with Crippen molar-refractivity contribution < 1.29 is 0 Å². The molecular formula is C24H48BP. The Balaban J connectivity index is 0.00000196. The summed E-state index contributed by atoms with van der Waals surface area (Å²) in [4.78, 5) is 0.